The van der Waals surface area contributed by atoms with E-state index in [0.29, 0.717) is 6.54 Å². The van der Waals surface area contributed by atoms with Gasteiger partial charge in [-0.25, -0.2) is 0 Å². The number of benzene rings is 1. The van der Waals surface area contributed by atoms with Gasteiger partial charge in [-0.15, -0.1) is 6.58 Å². The summed E-state index contributed by atoms with van der Waals surface area (Å²) in [7, 11) is 0. The van der Waals surface area contributed by atoms with Crippen molar-refractivity contribution < 1.29 is 9.59 Å². The fourth-order valence-electron chi connectivity index (χ4n) is 1.95. The summed E-state index contributed by atoms with van der Waals surface area (Å²) in [5.74, 6) is -0.538. The van der Waals surface area contributed by atoms with Crippen molar-refractivity contribution in [3.8, 4) is 0 Å². The molecule has 1 aromatic carbocycles. The smallest absolute Gasteiger partial charge is 0.237 e. The third kappa shape index (κ3) is 1.76. The summed E-state index contributed by atoms with van der Waals surface area (Å²) in [5.41, 5.74) is 0.910. The number of carbonyl (C=O) groups is 2. The first-order chi connectivity index (χ1) is 7.74. The zero-order chi connectivity index (χ0) is 11.5. The standard InChI is InChI=1S/C13H13NO2/c1-2-8-14-12(15)9-11(13(14)16)10-6-4-3-5-7-10/h2-7,11H,1,8-9H2. The van der Waals surface area contributed by atoms with Gasteiger partial charge in [0.25, 0.3) is 0 Å². The van der Waals surface area contributed by atoms with Gasteiger partial charge in [-0.05, 0) is 5.56 Å². The van der Waals surface area contributed by atoms with E-state index in [1.165, 1.54) is 4.90 Å². The highest BCUT2D eigenvalue weighted by Crippen LogP contribution is 2.29. The fraction of sp³-hybridized carbons (Fsp3) is 0.231. The van der Waals surface area contributed by atoms with E-state index < -0.39 is 0 Å². The average molecular weight is 215 g/mol. The summed E-state index contributed by atoms with van der Waals surface area (Å²) in [6.45, 7) is 3.85. The van der Waals surface area contributed by atoms with E-state index in [4.69, 9.17) is 0 Å². The highest BCUT2D eigenvalue weighted by atomic mass is 16.2. The highest BCUT2D eigenvalue weighted by molar-refractivity contribution is 6.06. The van der Waals surface area contributed by atoms with Crippen LogP contribution < -0.4 is 0 Å². The van der Waals surface area contributed by atoms with Gasteiger partial charge in [0, 0.05) is 13.0 Å². The fourth-order valence-corrected chi connectivity index (χ4v) is 1.95. The minimum Gasteiger partial charge on any atom is -0.278 e. The van der Waals surface area contributed by atoms with Gasteiger partial charge in [0.2, 0.25) is 11.8 Å². The van der Waals surface area contributed by atoms with E-state index >= 15 is 0 Å². The Hall–Kier alpha value is -1.90. The third-order valence-corrected chi connectivity index (χ3v) is 2.76. The van der Waals surface area contributed by atoms with E-state index in [1.807, 2.05) is 30.3 Å². The maximum atomic E-state index is 12.0. The number of amides is 2. The van der Waals surface area contributed by atoms with Crippen molar-refractivity contribution in [2.75, 3.05) is 6.54 Å². The molecule has 1 aromatic rings. The first-order valence-corrected chi connectivity index (χ1v) is 5.24. The van der Waals surface area contributed by atoms with Gasteiger partial charge in [-0.1, -0.05) is 36.4 Å². The second kappa shape index (κ2) is 4.31. The number of nitrogens with zero attached hydrogens (tertiary/aromatic N) is 1. The van der Waals surface area contributed by atoms with E-state index in [9.17, 15) is 9.59 Å². The van der Waals surface area contributed by atoms with Crippen LogP contribution in [0.3, 0.4) is 0 Å². The summed E-state index contributed by atoms with van der Waals surface area (Å²) in [6.07, 6.45) is 1.85. The number of hydrogen-bond donors (Lipinski definition) is 0. The molecule has 2 rings (SSSR count). The Morgan fingerprint density at radius 3 is 2.62 bits per heavy atom. The zero-order valence-corrected chi connectivity index (χ0v) is 8.93. The van der Waals surface area contributed by atoms with Gasteiger partial charge in [-0.3, -0.25) is 14.5 Å². The molecule has 2 amide bonds. The molecule has 0 N–H and O–H groups in total. The number of likely N-dealkylation sites (tertiary alicyclic amines) is 1. The van der Waals surface area contributed by atoms with Crippen molar-refractivity contribution in [3.05, 3.63) is 48.6 Å². The molecule has 0 aromatic heterocycles. The van der Waals surface area contributed by atoms with Gasteiger partial charge >= 0.3 is 0 Å². The lowest BCUT2D eigenvalue weighted by Crippen LogP contribution is -2.30. The Morgan fingerprint density at radius 1 is 1.31 bits per heavy atom. The molecule has 16 heavy (non-hydrogen) atoms. The topological polar surface area (TPSA) is 37.4 Å². The molecule has 0 bridgehead atoms. The van der Waals surface area contributed by atoms with Crippen LogP contribution in [0, 0.1) is 0 Å². The molecular formula is C13H13NO2. The Kier molecular flexibility index (Phi) is 2.86. The summed E-state index contributed by atoms with van der Waals surface area (Å²) in [4.78, 5) is 24.8. The molecule has 0 saturated carbocycles. The summed E-state index contributed by atoms with van der Waals surface area (Å²) < 4.78 is 0. The maximum Gasteiger partial charge on any atom is 0.237 e. The van der Waals surface area contributed by atoms with Crippen LogP contribution in [0.5, 0.6) is 0 Å². The third-order valence-electron chi connectivity index (χ3n) is 2.76. The van der Waals surface area contributed by atoms with Crippen molar-refractivity contribution in [2.24, 2.45) is 0 Å². The molecule has 3 heteroatoms. The number of carbonyl (C=O) groups excluding carboxylic acids is 2. The average Bonchev–Trinajstić information content (AvgIpc) is 2.59. The molecule has 3 nitrogen and oxygen atoms in total. The van der Waals surface area contributed by atoms with Gasteiger partial charge in [0.15, 0.2) is 0 Å². The Balaban J connectivity index is 2.24. The quantitative estimate of drug-likeness (QED) is 0.568. The van der Waals surface area contributed by atoms with E-state index in [1.54, 1.807) is 6.08 Å². The minimum atomic E-state index is -0.311. The van der Waals surface area contributed by atoms with Crippen LogP contribution in [0.1, 0.15) is 17.9 Å². The maximum absolute atomic E-state index is 12.0. The van der Waals surface area contributed by atoms with Crippen molar-refractivity contribution in [2.45, 2.75) is 12.3 Å². The van der Waals surface area contributed by atoms with Crippen LogP contribution in [-0.4, -0.2) is 23.3 Å². The molecule has 0 spiro atoms. The van der Waals surface area contributed by atoms with Crippen LogP contribution in [0.4, 0.5) is 0 Å². The second-order valence-electron chi connectivity index (χ2n) is 3.80. The van der Waals surface area contributed by atoms with Gasteiger partial charge in [0.05, 0.1) is 5.92 Å². The molecule has 1 fully saturated rings. The second-order valence-corrected chi connectivity index (χ2v) is 3.80. The highest BCUT2D eigenvalue weighted by Gasteiger charge is 2.38. The van der Waals surface area contributed by atoms with Gasteiger partial charge < -0.3 is 0 Å². The van der Waals surface area contributed by atoms with Crippen molar-refractivity contribution in [3.63, 3.8) is 0 Å². The van der Waals surface area contributed by atoms with E-state index in [-0.39, 0.29) is 24.2 Å². The predicted octanol–water partition coefficient (Wildman–Crippen LogP) is 1.72. The lowest BCUT2D eigenvalue weighted by molar-refractivity contribution is -0.138. The van der Waals surface area contributed by atoms with Crippen LogP contribution in [-0.2, 0) is 9.59 Å². The van der Waals surface area contributed by atoms with Crippen molar-refractivity contribution in [1.29, 1.82) is 0 Å². The summed E-state index contributed by atoms with van der Waals surface area (Å²) >= 11 is 0. The molecule has 0 aliphatic carbocycles. The molecule has 1 aliphatic heterocycles. The molecule has 1 atom stereocenters. The van der Waals surface area contributed by atoms with Crippen LogP contribution in [0.25, 0.3) is 0 Å². The monoisotopic (exact) mass is 215 g/mol. The van der Waals surface area contributed by atoms with E-state index in [2.05, 4.69) is 6.58 Å². The van der Waals surface area contributed by atoms with Crippen molar-refractivity contribution >= 4 is 11.8 Å². The van der Waals surface area contributed by atoms with Crippen LogP contribution in [0.15, 0.2) is 43.0 Å². The predicted molar refractivity (Wildman–Crippen MR) is 60.7 cm³/mol. The van der Waals surface area contributed by atoms with Gasteiger partial charge in [0.1, 0.15) is 0 Å². The lowest BCUT2D eigenvalue weighted by Gasteiger charge is -2.12. The summed E-state index contributed by atoms with van der Waals surface area (Å²) in [6, 6.07) is 9.42. The van der Waals surface area contributed by atoms with Crippen LogP contribution >= 0.6 is 0 Å². The molecular weight excluding hydrogens is 202 g/mol. The summed E-state index contributed by atoms with van der Waals surface area (Å²) in [5, 5.41) is 0. The number of imide groups is 1. The number of rotatable bonds is 3. The Labute approximate surface area is 94.4 Å². The largest absolute Gasteiger partial charge is 0.278 e. The van der Waals surface area contributed by atoms with Crippen LogP contribution in [0.2, 0.25) is 0 Å². The first kappa shape index (κ1) is 10.6. The Morgan fingerprint density at radius 2 is 2.00 bits per heavy atom. The molecule has 0 radical (unpaired) electrons. The number of hydrogen-bond acceptors (Lipinski definition) is 2. The Bertz CT molecular complexity index is 425. The van der Waals surface area contributed by atoms with E-state index in [0.717, 1.165) is 5.56 Å². The molecule has 1 aliphatic rings. The molecule has 1 saturated heterocycles. The minimum absolute atomic E-state index is 0.112. The normalized spacial score (nSPS) is 20.2. The molecule has 82 valence electrons. The SMILES string of the molecule is C=CCN1C(=O)CC(c2ccccc2)C1=O. The lowest BCUT2D eigenvalue weighted by atomic mass is 9.98. The molecule has 1 heterocycles. The molecule has 1 unspecified atom stereocenters. The van der Waals surface area contributed by atoms with Crippen molar-refractivity contribution in [1.82, 2.24) is 4.90 Å². The van der Waals surface area contributed by atoms with Gasteiger partial charge in [-0.2, -0.15) is 0 Å². The zero-order valence-electron chi connectivity index (χ0n) is 8.93. The first-order valence-electron chi connectivity index (χ1n) is 5.24.